The first-order valence-corrected chi connectivity index (χ1v) is 19.4. The standard InChI is InChI=1S/C38H74N2O5/c1-3-5-7-8-9-10-11-12-13-14-15-16-17-18-19-20-21-26-32-37(42)45-34(28-23-6-4-2)29-24-22-25-31-36(41)40-35(38(43)44)30-27-33-39/h34-35H,3-33,39H2,1-2H3,(H,40,41)(H,43,44). The van der Waals surface area contributed by atoms with Crippen LogP contribution in [0.15, 0.2) is 0 Å². The minimum absolute atomic E-state index is 0.0407. The van der Waals surface area contributed by atoms with E-state index in [9.17, 15) is 19.5 Å². The van der Waals surface area contributed by atoms with Crippen molar-refractivity contribution in [3.05, 3.63) is 0 Å². The second kappa shape index (κ2) is 33.7. The molecule has 7 nitrogen and oxygen atoms in total. The van der Waals surface area contributed by atoms with Crippen LogP contribution < -0.4 is 11.1 Å². The molecule has 0 aliphatic carbocycles. The second-order valence-electron chi connectivity index (χ2n) is 13.4. The van der Waals surface area contributed by atoms with Gasteiger partial charge in [0.25, 0.3) is 0 Å². The van der Waals surface area contributed by atoms with E-state index in [1.165, 1.54) is 103 Å². The Kier molecular flexibility index (Phi) is 32.5. The van der Waals surface area contributed by atoms with Gasteiger partial charge in [0, 0.05) is 12.8 Å². The van der Waals surface area contributed by atoms with Crippen molar-refractivity contribution in [2.45, 2.75) is 219 Å². The number of hydrogen-bond acceptors (Lipinski definition) is 5. The number of hydrogen-bond donors (Lipinski definition) is 3. The Morgan fingerprint density at radius 2 is 0.956 bits per heavy atom. The lowest BCUT2D eigenvalue weighted by atomic mass is 10.0. The summed E-state index contributed by atoms with van der Waals surface area (Å²) in [6, 6.07) is -0.868. The number of carboxylic acid groups (broad SMARTS) is 1. The Hall–Kier alpha value is -1.63. The SMILES string of the molecule is CCCCCCCCCCCCCCCCCCCCC(=O)OC(CCCCC)CCCCCC(=O)NC(CCCN)C(=O)O. The largest absolute Gasteiger partial charge is 0.480 e. The van der Waals surface area contributed by atoms with Crippen LogP contribution in [0.2, 0.25) is 0 Å². The molecule has 1 amide bonds. The molecule has 0 aliphatic rings. The quantitative estimate of drug-likeness (QED) is 0.0469. The number of carboxylic acids is 1. The summed E-state index contributed by atoms with van der Waals surface area (Å²) in [7, 11) is 0. The van der Waals surface area contributed by atoms with Gasteiger partial charge in [-0.15, -0.1) is 0 Å². The van der Waals surface area contributed by atoms with E-state index in [0.29, 0.717) is 38.6 Å². The molecule has 0 rings (SSSR count). The molecule has 0 aromatic heterocycles. The van der Waals surface area contributed by atoms with E-state index in [2.05, 4.69) is 19.2 Å². The number of ether oxygens (including phenoxy) is 1. The van der Waals surface area contributed by atoms with E-state index in [-0.39, 0.29) is 18.0 Å². The van der Waals surface area contributed by atoms with Crippen LogP contribution in [0.5, 0.6) is 0 Å². The molecule has 45 heavy (non-hydrogen) atoms. The topological polar surface area (TPSA) is 119 Å². The lowest BCUT2D eigenvalue weighted by molar-refractivity contribution is -0.150. The molecular formula is C38H74N2O5. The Labute approximate surface area is 278 Å². The Morgan fingerprint density at radius 1 is 0.556 bits per heavy atom. The van der Waals surface area contributed by atoms with E-state index >= 15 is 0 Å². The van der Waals surface area contributed by atoms with Crippen molar-refractivity contribution in [3.8, 4) is 0 Å². The zero-order valence-corrected chi connectivity index (χ0v) is 29.7. The summed E-state index contributed by atoms with van der Waals surface area (Å²) < 4.78 is 5.88. The summed E-state index contributed by atoms with van der Waals surface area (Å²) in [5.41, 5.74) is 5.46. The monoisotopic (exact) mass is 639 g/mol. The van der Waals surface area contributed by atoms with Crippen LogP contribution in [0.25, 0.3) is 0 Å². The van der Waals surface area contributed by atoms with Crippen molar-refractivity contribution in [1.29, 1.82) is 0 Å². The minimum Gasteiger partial charge on any atom is -0.480 e. The van der Waals surface area contributed by atoms with E-state index in [1.54, 1.807) is 0 Å². The average Bonchev–Trinajstić information content (AvgIpc) is 3.02. The molecule has 0 bridgehead atoms. The molecule has 0 spiro atoms. The molecule has 0 aromatic rings. The lowest BCUT2D eigenvalue weighted by Crippen LogP contribution is -2.40. The molecule has 0 heterocycles. The second-order valence-corrected chi connectivity index (χ2v) is 13.4. The van der Waals surface area contributed by atoms with Crippen LogP contribution in [0, 0.1) is 0 Å². The maximum Gasteiger partial charge on any atom is 0.326 e. The number of esters is 1. The Morgan fingerprint density at radius 3 is 1.42 bits per heavy atom. The third-order valence-corrected chi connectivity index (χ3v) is 8.92. The van der Waals surface area contributed by atoms with Gasteiger partial charge in [0.15, 0.2) is 0 Å². The van der Waals surface area contributed by atoms with Crippen LogP contribution in [-0.4, -0.2) is 41.6 Å². The van der Waals surface area contributed by atoms with Crippen LogP contribution in [0.4, 0.5) is 0 Å². The van der Waals surface area contributed by atoms with Gasteiger partial charge in [0.2, 0.25) is 5.91 Å². The number of aliphatic carboxylic acids is 1. The third-order valence-electron chi connectivity index (χ3n) is 8.92. The van der Waals surface area contributed by atoms with Gasteiger partial charge in [-0.05, 0) is 57.9 Å². The smallest absolute Gasteiger partial charge is 0.326 e. The summed E-state index contributed by atoms with van der Waals surface area (Å²) in [6.45, 7) is 4.86. The molecule has 7 heteroatoms. The van der Waals surface area contributed by atoms with Crippen LogP contribution in [0.3, 0.4) is 0 Å². The number of carbonyl (C=O) groups is 3. The van der Waals surface area contributed by atoms with Gasteiger partial charge in [-0.2, -0.15) is 0 Å². The van der Waals surface area contributed by atoms with Crippen LogP contribution >= 0.6 is 0 Å². The minimum atomic E-state index is -1.02. The molecule has 266 valence electrons. The first-order valence-electron chi connectivity index (χ1n) is 19.4. The Balaban J connectivity index is 3.87. The lowest BCUT2D eigenvalue weighted by Gasteiger charge is -2.18. The van der Waals surface area contributed by atoms with Gasteiger partial charge in [0.05, 0.1) is 0 Å². The van der Waals surface area contributed by atoms with Gasteiger partial charge in [-0.3, -0.25) is 9.59 Å². The highest BCUT2D eigenvalue weighted by atomic mass is 16.5. The van der Waals surface area contributed by atoms with Crippen molar-refractivity contribution < 1.29 is 24.2 Å². The van der Waals surface area contributed by atoms with Crippen LogP contribution in [0.1, 0.15) is 206 Å². The van der Waals surface area contributed by atoms with Gasteiger partial charge >= 0.3 is 11.9 Å². The number of carbonyl (C=O) groups excluding carboxylic acids is 2. The van der Waals surface area contributed by atoms with Crippen molar-refractivity contribution >= 4 is 17.8 Å². The highest BCUT2D eigenvalue weighted by Gasteiger charge is 2.19. The van der Waals surface area contributed by atoms with Gasteiger partial charge in [0.1, 0.15) is 12.1 Å². The molecular weight excluding hydrogens is 564 g/mol. The number of nitrogens with one attached hydrogen (secondary N) is 1. The summed E-state index contributed by atoms with van der Waals surface area (Å²) >= 11 is 0. The fourth-order valence-electron chi connectivity index (χ4n) is 5.98. The van der Waals surface area contributed by atoms with Gasteiger partial charge in [-0.25, -0.2) is 4.79 Å². The molecule has 2 atom stereocenters. The predicted molar refractivity (Wildman–Crippen MR) is 188 cm³/mol. The predicted octanol–water partition coefficient (Wildman–Crippen LogP) is 10.2. The van der Waals surface area contributed by atoms with Crippen molar-refractivity contribution in [3.63, 3.8) is 0 Å². The van der Waals surface area contributed by atoms with Crippen molar-refractivity contribution in [1.82, 2.24) is 5.32 Å². The van der Waals surface area contributed by atoms with Gasteiger partial charge < -0.3 is 20.9 Å². The number of rotatable bonds is 35. The van der Waals surface area contributed by atoms with Crippen molar-refractivity contribution in [2.75, 3.05) is 6.54 Å². The maximum absolute atomic E-state index is 12.5. The zero-order valence-electron chi connectivity index (χ0n) is 29.7. The first-order chi connectivity index (χ1) is 21.9. The molecule has 2 unspecified atom stereocenters. The normalized spacial score (nSPS) is 12.6. The fraction of sp³-hybridized carbons (Fsp3) is 0.921. The third kappa shape index (κ3) is 30.8. The molecule has 0 saturated heterocycles. The molecule has 0 aromatic carbocycles. The molecule has 0 aliphatic heterocycles. The highest BCUT2D eigenvalue weighted by Crippen LogP contribution is 2.18. The van der Waals surface area contributed by atoms with E-state index < -0.39 is 12.0 Å². The van der Waals surface area contributed by atoms with Crippen LogP contribution in [-0.2, 0) is 19.1 Å². The fourth-order valence-corrected chi connectivity index (χ4v) is 5.98. The molecule has 4 N–H and O–H groups in total. The summed E-state index contributed by atoms with van der Waals surface area (Å²) in [6.07, 6.45) is 33.3. The van der Waals surface area contributed by atoms with E-state index in [4.69, 9.17) is 10.5 Å². The summed E-state index contributed by atoms with van der Waals surface area (Å²) in [5, 5.41) is 11.9. The maximum atomic E-state index is 12.5. The number of nitrogens with two attached hydrogens (primary N) is 1. The first kappa shape index (κ1) is 43.4. The number of amides is 1. The number of unbranched alkanes of at least 4 members (excludes halogenated alkanes) is 21. The highest BCUT2D eigenvalue weighted by molar-refractivity contribution is 5.83. The zero-order chi connectivity index (χ0) is 33.2. The summed E-state index contributed by atoms with van der Waals surface area (Å²) in [4.78, 5) is 36.0. The molecule has 0 saturated carbocycles. The molecule has 0 fully saturated rings. The van der Waals surface area contributed by atoms with E-state index in [0.717, 1.165) is 57.8 Å². The van der Waals surface area contributed by atoms with Crippen molar-refractivity contribution in [2.24, 2.45) is 5.73 Å². The Bertz CT molecular complexity index is 687. The van der Waals surface area contributed by atoms with E-state index in [1.807, 2.05) is 0 Å². The summed E-state index contributed by atoms with van der Waals surface area (Å²) in [5.74, 6) is -1.31. The molecule has 0 radical (unpaired) electrons. The average molecular weight is 639 g/mol. The van der Waals surface area contributed by atoms with Gasteiger partial charge in [-0.1, -0.05) is 142 Å².